The molecular formula is C15H15ClF2N2O. The molecule has 21 heavy (non-hydrogen) atoms. The highest BCUT2D eigenvalue weighted by molar-refractivity contribution is 6.31. The van der Waals surface area contributed by atoms with Gasteiger partial charge in [0.25, 0.3) is 0 Å². The number of rotatable bonds is 5. The van der Waals surface area contributed by atoms with Gasteiger partial charge in [0.15, 0.2) is 0 Å². The summed E-state index contributed by atoms with van der Waals surface area (Å²) in [5.41, 5.74) is 0.895. The van der Waals surface area contributed by atoms with Gasteiger partial charge in [-0.1, -0.05) is 25.4 Å². The van der Waals surface area contributed by atoms with E-state index in [4.69, 9.17) is 16.3 Å². The number of nitrogens with zero attached hydrogens (tertiary/aromatic N) is 1. The Balaban J connectivity index is 2.13. The summed E-state index contributed by atoms with van der Waals surface area (Å²) in [5.74, 6) is -1.33. The number of halogens is 3. The van der Waals surface area contributed by atoms with E-state index in [-0.39, 0.29) is 16.7 Å². The molecule has 0 amide bonds. The SMILES string of the molecule is CC(C)NCc1cnc(Oc2cc(F)cc(F)c2)c(Cl)c1. The van der Waals surface area contributed by atoms with Crippen molar-refractivity contribution >= 4 is 11.6 Å². The minimum absolute atomic E-state index is 0.00922. The topological polar surface area (TPSA) is 34.2 Å². The van der Waals surface area contributed by atoms with Gasteiger partial charge in [-0.2, -0.15) is 0 Å². The Kier molecular flexibility index (Phi) is 5.09. The second kappa shape index (κ2) is 6.83. The zero-order chi connectivity index (χ0) is 15.4. The highest BCUT2D eigenvalue weighted by Gasteiger charge is 2.09. The molecule has 0 aliphatic carbocycles. The summed E-state index contributed by atoms with van der Waals surface area (Å²) in [7, 11) is 0. The van der Waals surface area contributed by atoms with Crippen molar-refractivity contribution in [2.45, 2.75) is 26.4 Å². The molecule has 1 N–H and O–H groups in total. The molecule has 2 rings (SSSR count). The smallest absolute Gasteiger partial charge is 0.238 e. The van der Waals surface area contributed by atoms with Gasteiger partial charge in [0.2, 0.25) is 5.88 Å². The molecule has 3 nitrogen and oxygen atoms in total. The van der Waals surface area contributed by atoms with Crippen molar-refractivity contribution in [1.29, 1.82) is 0 Å². The minimum Gasteiger partial charge on any atom is -0.437 e. The summed E-state index contributed by atoms with van der Waals surface area (Å²) in [5, 5.41) is 3.51. The summed E-state index contributed by atoms with van der Waals surface area (Å²) in [6.45, 7) is 4.69. The Morgan fingerprint density at radius 2 is 1.86 bits per heavy atom. The molecule has 1 aromatic carbocycles. The summed E-state index contributed by atoms with van der Waals surface area (Å²) in [4.78, 5) is 4.07. The molecule has 0 saturated heterocycles. The Bertz CT molecular complexity index is 615. The van der Waals surface area contributed by atoms with Gasteiger partial charge in [-0.15, -0.1) is 0 Å². The maximum absolute atomic E-state index is 13.1. The average molecular weight is 313 g/mol. The van der Waals surface area contributed by atoms with Crippen LogP contribution in [-0.4, -0.2) is 11.0 Å². The number of nitrogens with one attached hydrogen (secondary N) is 1. The standard InChI is InChI=1S/C15H15ClF2N2O/c1-9(2)19-7-10-3-14(16)15(20-8-10)21-13-5-11(17)4-12(18)6-13/h3-6,8-9,19H,7H2,1-2H3. The van der Waals surface area contributed by atoms with Crippen LogP contribution in [0.4, 0.5) is 8.78 Å². The molecule has 6 heteroatoms. The lowest BCUT2D eigenvalue weighted by atomic mass is 10.2. The van der Waals surface area contributed by atoms with Crippen LogP contribution in [0.5, 0.6) is 11.6 Å². The van der Waals surface area contributed by atoms with E-state index in [9.17, 15) is 8.78 Å². The lowest BCUT2D eigenvalue weighted by molar-refractivity contribution is 0.451. The number of hydrogen-bond donors (Lipinski definition) is 1. The number of ether oxygens (including phenoxy) is 1. The number of pyridine rings is 1. The molecule has 112 valence electrons. The van der Waals surface area contributed by atoms with Crippen molar-refractivity contribution in [2.24, 2.45) is 0 Å². The molecule has 0 radical (unpaired) electrons. The zero-order valence-electron chi connectivity index (χ0n) is 11.7. The lowest BCUT2D eigenvalue weighted by Crippen LogP contribution is -2.21. The summed E-state index contributed by atoms with van der Waals surface area (Å²) < 4.78 is 31.5. The molecule has 2 aromatic rings. The highest BCUT2D eigenvalue weighted by atomic mass is 35.5. The fourth-order valence-electron chi connectivity index (χ4n) is 1.66. The van der Waals surface area contributed by atoms with E-state index in [0.717, 1.165) is 23.8 Å². The third-order valence-corrected chi connectivity index (χ3v) is 2.90. The average Bonchev–Trinajstić information content (AvgIpc) is 2.38. The van der Waals surface area contributed by atoms with Crippen LogP contribution in [0, 0.1) is 11.6 Å². The molecule has 0 bridgehead atoms. The predicted molar refractivity (Wildman–Crippen MR) is 77.7 cm³/mol. The van der Waals surface area contributed by atoms with Gasteiger partial charge in [0, 0.05) is 37.0 Å². The first kappa shape index (κ1) is 15.7. The van der Waals surface area contributed by atoms with Crippen LogP contribution in [0.1, 0.15) is 19.4 Å². The summed E-state index contributed by atoms with van der Waals surface area (Å²) in [6.07, 6.45) is 1.60. The van der Waals surface area contributed by atoms with E-state index in [2.05, 4.69) is 10.3 Å². The maximum atomic E-state index is 13.1. The summed E-state index contributed by atoms with van der Waals surface area (Å²) in [6, 6.07) is 4.94. The minimum atomic E-state index is -0.723. The van der Waals surface area contributed by atoms with E-state index < -0.39 is 11.6 Å². The van der Waals surface area contributed by atoms with Crippen LogP contribution in [0.2, 0.25) is 5.02 Å². The van der Waals surface area contributed by atoms with Crippen molar-refractivity contribution in [3.63, 3.8) is 0 Å². The molecule has 1 aromatic heterocycles. The van der Waals surface area contributed by atoms with E-state index in [1.54, 1.807) is 12.3 Å². The van der Waals surface area contributed by atoms with E-state index in [1.165, 1.54) is 0 Å². The Hall–Kier alpha value is -1.72. The Morgan fingerprint density at radius 3 is 2.43 bits per heavy atom. The van der Waals surface area contributed by atoms with E-state index >= 15 is 0 Å². The van der Waals surface area contributed by atoms with Crippen molar-refractivity contribution in [1.82, 2.24) is 10.3 Å². The van der Waals surface area contributed by atoms with E-state index in [1.807, 2.05) is 13.8 Å². The van der Waals surface area contributed by atoms with Crippen LogP contribution in [0.25, 0.3) is 0 Å². The Morgan fingerprint density at radius 1 is 1.19 bits per heavy atom. The molecule has 0 aliphatic heterocycles. The quantitative estimate of drug-likeness (QED) is 0.893. The van der Waals surface area contributed by atoms with Crippen LogP contribution >= 0.6 is 11.6 Å². The molecule has 0 atom stereocenters. The predicted octanol–water partition coefficient (Wildman–Crippen LogP) is 4.30. The van der Waals surface area contributed by atoms with Gasteiger partial charge in [0.1, 0.15) is 22.4 Å². The monoisotopic (exact) mass is 312 g/mol. The number of benzene rings is 1. The molecule has 0 saturated carbocycles. The second-order valence-corrected chi connectivity index (χ2v) is 5.28. The van der Waals surface area contributed by atoms with Gasteiger partial charge in [-0.25, -0.2) is 13.8 Å². The first-order valence-electron chi connectivity index (χ1n) is 6.46. The zero-order valence-corrected chi connectivity index (χ0v) is 12.4. The molecular weight excluding hydrogens is 298 g/mol. The van der Waals surface area contributed by atoms with Gasteiger partial charge in [-0.3, -0.25) is 0 Å². The van der Waals surface area contributed by atoms with Crippen molar-refractivity contribution in [3.8, 4) is 11.6 Å². The Labute approximate surface area is 126 Å². The van der Waals surface area contributed by atoms with Crippen LogP contribution in [-0.2, 0) is 6.54 Å². The van der Waals surface area contributed by atoms with Gasteiger partial charge in [-0.05, 0) is 11.6 Å². The lowest BCUT2D eigenvalue weighted by Gasteiger charge is -2.10. The molecule has 0 spiro atoms. The van der Waals surface area contributed by atoms with Crippen molar-refractivity contribution in [3.05, 3.63) is 52.7 Å². The van der Waals surface area contributed by atoms with Gasteiger partial charge >= 0.3 is 0 Å². The third-order valence-electron chi connectivity index (χ3n) is 2.63. The summed E-state index contributed by atoms with van der Waals surface area (Å²) >= 11 is 6.07. The van der Waals surface area contributed by atoms with Crippen LogP contribution < -0.4 is 10.1 Å². The van der Waals surface area contributed by atoms with E-state index in [0.29, 0.717) is 12.6 Å². The van der Waals surface area contributed by atoms with Crippen molar-refractivity contribution in [2.75, 3.05) is 0 Å². The van der Waals surface area contributed by atoms with Crippen molar-refractivity contribution < 1.29 is 13.5 Å². The third kappa shape index (κ3) is 4.65. The number of hydrogen-bond acceptors (Lipinski definition) is 3. The molecule has 1 heterocycles. The first-order valence-corrected chi connectivity index (χ1v) is 6.83. The normalized spacial score (nSPS) is 11.0. The van der Waals surface area contributed by atoms with Crippen LogP contribution in [0.3, 0.4) is 0 Å². The number of aromatic nitrogens is 1. The first-order chi connectivity index (χ1) is 9.94. The van der Waals surface area contributed by atoms with Crippen LogP contribution in [0.15, 0.2) is 30.5 Å². The largest absolute Gasteiger partial charge is 0.437 e. The molecule has 0 fully saturated rings. The fraction of sp³-hybridized carbons (Fsp3) is 0.267. The van der Waals surface area contributed by atoms with Gasteiger partial charge < -0.3 is 10.1 Å². The highest BCUT2D eigenvalue weighted by Crippen LogP contribution is 2.28. The fourth-order valence-corrected chi connectivity index (χ4v) is 1.89. The molecule has 0 unspecified atom stereocenters. The second-order valence-electron chi connectivity index (χ2n) is 4.87. The van der Waals surface area contributed by atoms with Gasteiger partial charge in [0.05, 0.1) is 0 Å². The maximum Gasteiger partial charge on any atom is 0.238 e. The molecule has 0 aliphatic rings.